The van der Waals surface area contributed by atoms with Crippen molar-refractivity contribution < 1.29 is 19.7 Å². The van der Waals surface area contributed by atoms with Gasteiger partial charge >= 0.3 is 0 Å². The molecule has 0 saturated heterocycles. The van der Waals surface area contributed by atoms with E-state index in [2.05, 4.69) is 12.2 Å². The zero-order valence-electron chi connectivity index (χ0n) is 12.0. The number of aliphatic hydroxyl groups is 2. The molecule has 0 aromatic rings. The molecular formula is C14H29NO4. The van der Waals surface area contributed by atoms with Crippen LogP contribution in [-0.4, -0.2) is 61.9 Å². The number of nitrogens with one attached hydrogen (secondary N) is 1. The van der Waals surface area contributed by atoms with E-state index in [1.54, 1.807) is 0 Å². The van der Waals surface area contributed by atoms with Gasteiger partial charge in [-0.05, 0) is 18.8 Å². The fraction of sp³-hybridized carbons (Fsp3) is 1.00. The third-order valence-corrected chi connectivity index (χ3v) is 3.57. The van der Waals surface area contributed by atoms with Crippen molar-refractivity contribution in [3.63, 3.8) is 0 Å². The van der Waals surface area contributed by atoms with Crippen molar-refractivity contribution in [1.82, 2.24) is 5.32 Å². The summed E-state index contributed by atoms with van der Waals surface area (Å²) < 4.78 is 10.9. The molecule has 3 atom stereocenters. The molecule has 0 aliphatic heterocycles. The SMILES string of the molecule is CC1CCCCC1OCC(O)CNCCOCCO. The first-order valence-electron chi connectivity index (χ1n) is 7.43. The van der Waals surface area contributed by atoms with Gasteiger partial charge in [0.2, 0.25) is 0 Å². The molecule has 1 aliphatic carbocycles. The molecule has 0 bridgehead atoms. The minimum absolute atomic E-state index is 0.0516. The van der Waals surface area contributed by atoms with E-state index in [1.165, 1.54) is 19.3 Å². The van der Waals surface area contributed by atoms with E-state index in [0.29, 0.717) is 44.9 Å². The van der Waals surface area contributed by atoms with Gasteiger partial charge in [-0.25, -0.2) is 0 Å². The van der Waals surface area contributed by atoms with Gasteiger partial charge in [-0.15, -0.1) is 0 Å². The normalized spacial score (nSPS) is 25.4. The van der Waals surface area contributed by atoms with Crippen molar-refractivity contribution in [2.24, 2.45) is 5.92 Å². The van der Waals surface area contributed by atoms with Crippen molar-refractivity contribution in [3.05, 3.63) is 0 Å². The lowest BCUT2D eigenvalue weighted by Crippen LogP contribution is -2.35. The fourth-order valence-electron chi connectivity index (χ4n) is 2.40. The van der Waals surface area contributed by atoms with Crippen molar-refractivity contribution in [2.45, 2.75) is 44.8 Å². The van der Waals surface area contributed by atoms with Crippen molar-refractivity contribution >= 4 is 0 Å². The highest BCUT2D eigenvalue weighted by molar-refractivity contribution is 4.73. The van der Waals surface area contributed by atoms with Crippen LogP contribution >= 0.6 is 0 Å². The molecule has 3 N–H and O–H groups in total. The highest BCUT2D eigenvalue weighted by atomic mass is 16.5. The predicted octanol–water partition coefficient (Wildman–Crippen LogP) is 0.541. The van der Waals surface area contributed by atoms with E-state index in [0.717, 1.165) is 6.42 Å². The van der Waals surface area contributed by atoms with Crippen LogP contribution in [-0.2, 0) is 9.47 Å². The van der Waals surface area contributed by atoms with Gasteiger partial charge in [0.15, 0.2) is 0 Å². The van der Waals surface area contributed by atoms with Gasteiger partial charge < -0.3 is 25.0 Å². The van der Waals surface area contributed by atoms with Gasteiger partial charge in [-0.3, -0.25) is 0 Å². The lowest BCUT2D eigenvalue weighted by atomic mass is 9.88. The third kappa shape index (κ3) is 7.84. The van der Waals surface area contributed by atoms with Crippen LogP contribution in [0.2, 0.25) is 0 Å². The Morgan fingerprint density at radius 1 is 1.26 bits per heavy atom. The molecule has 1 rings (SSSR count). The molecule has 0 heterocycles. The standard InChI is InChI=1S/C14H29NO4/c1-12-4-2-3-5-14(12)19-11-13(17)10-15-6-8-18-9-7-16/h12-17H,2-11H2,1H3. The number of rotatable bonds is 10. The van der Waals surface area contributed by atoms with E-state index < -0.39 is 6.10 Å². The molecule has 19 heavy (non-hydrogen) atoms. The summed E-state index contributed by atoms with van der Waals surface area (Å²) in [6, 6.07) is 0. The molecule has 0 spiro atoms. The summed E-state index contributed by atoms with van der Waals surface area (Å²) >= 11 is 0. The van der Waals surface area contributed by atoms with Gasteiger partial charge in [-0.2, -0.15) is 0 Å². The molecule has 5 heteroatoms. The number of ether oxygens (including phenoxy) is 2. The minimum Gasteiger partial charge on any atom is -0.394 e. The topological polar surface area (TPSA) is 71.0 Å². The molecular weight excluding hydrogens is 246 g/mol. The number of hydrogen-bond donors (Lipinski definition) is 3. The highest BCUT2D eigenvalue weighted by Gasteiger charge is 2.22. The lowest BCUT2D eigenvalue weighted by Gasteiger charge is -2.29. The zero-order chi connectivity index (χ0) is 13.9. The van der Waals surface area contributed by atoms with E-state index in [1.807, 2.05) is 0 Å². The Kier molecular flexibility index (Phi) is 9.38. The van der Waals surface area contributed by atoms with E-state index in [9.17, 15) is 5.11 Å². The summed E-state index contributed by atoms with van der Waals surface area (Å²) in [5, 5.41) is 21.4. The second-order valence-electron chi connectivity index (χ2n) is 5.33. The minimum atomic E-state index is -0.466. The van der Waals surface area contributed by atoms with Crippen molar-refractivity contribution in [1.29, 1.82) is 0 Å². The smallest absolute Gasteiger partial charge is 0.0897 e. The number of hydrogen-bond acceptors (Lipinski definition) is 5. The van der Waals surface area contributed by atoms with Crippen LogP contribution < -0.4 is 5.32 Å². The molecule has 3 unspecified atom stereocenters. The molecule has 114 valence electrons. The van der Waals surface area contributed by atoms with Crippen LogP contribution in [0.5, 0.6) is 0 Å². The summed E-state index contributed by atoms with van der Waals surface area (Å²) in [5.41, 5.74) is 0. The third-order valence-electron chi connectivity index (χ3n) is 3.57. The molecule has 0 amide bonds. The number of aliphatic hydroxyl groups excluding tert-OH is 2. The van der Waals surface area contributed by atoms with Crippen LogP contribution in [0.15, 0.2) is 0 Å². The summed E-state index contributed by atoms with van der Waals surface area (Å²) in [6.07, 6.45) is 4.76. The van der Waals surface area contributed by atoms with Crippen LogP contribution in [0.4, 0.5) is 0 Å². The zero-order valence-corrected chi connectivity index (χ0v) is 12.0. The Balaban J connectivity index is 1.96. The summed E-state index contributed by atoms with van der Waals surface area (Å²) in [6.45, 7) is 4.80. The maximum atomic E-state index is 9.80. The van der Waals surface area contributed by atoms with Crippen molar-refractivity contribution in [3.8, 4) is 0 Å². The second-order valence-corrected chi connectivity index (χ2v) is 5.33. The van der Waals surface area contributed by atoms with Crippen LogP contribution in [0.25, 0.3) is 0 Å². The van der Waals surface area contributed by atoms with Crippen molar-refractivity contribution in [2.75, 3.05) is 39.5 Å². The molecule has 1 saturated carbocycles. The molecule has 1 aliphatic rings. The lowest BCUT2D eigenvalue weighted by molar-refractivity contribution is -0.0453. The Labute approximate surface area is 116 Å². The molecule has 0 aromatic heterocycles. The average molecular weight is 275 g/mol. The Hall–Kier alpha value is -0.200. The summed E-state index contributed by atoms with van der Waals surface area (Å²) in [5.74, 6) is 0.612. The first-order chi connectivity index (χ1) is 9.24. The van der Waals surface area contributed by atoms with Gasteiger partial charge in [0, 0.05) is 13.1 Å². The maximum absolute atomic E-state index is 9.80. The Morgan fingerprint density at radius 2 is 2.05 bits per heavy atom. The molecule has 0 radical (unpaired) electrons. The summed E-state index contributed by atoms with van der Waals surface area (Å²) in [7, 11) is 0. The van der Waals surface area contributed by atoms with E-state index in [4.69, 9.17) is 14.6 Å². The Bertz CT molecular complexity index is 216. The van der Waals surface area contributed by atoms with E-state index in [-0.39, 0.29) is 6.61 Å². The predicted molar refractivity (Wildman–Crippen MR) is 74.2 cm³/mol. The molecule has 0 aromatic carbocycles. The first kappa shape index (κ1) is 16.9. The maximum Gasteiger partial charge on any atom is 0.0897 e. The van der Waals surface area contributed by atoms with Crippen LogP contribution in [0, 0.1) is 5.92 Å². The monoisotopic (exact) mass is 275 g/mol. The van der Waals surface area contributed by atoms with Crippen LogP contribution in [0.3, 0.4) is 0 Å². The fourth-order valence-corrected chi connectivity index (χ4v) is 2.40. The van der Waals surface area contributed by atoms with E-state index >= 15 is 0 Å². The quantitative estimate of drug-likeness (QED) is 0.508. The Morgan fingerprint density at radius 3 is 2.79 bits per heavy atom. The van der Waals surface area contributed by atoms with Gasteiger partial charge in [0.25, 0.3) is 0 Å². The first-order valence-corrected chi connectivity index (χ1v) is 7.43. The molecule has 1 fully saturated rings. The summed E-state index contributed by atoms with van der Waals surface area (Å²) in [4.78, 5) is 0. The van der Waals surface area contributed by atoms with Crippen LogP contribution in [0.1, 0.15) is 32.6 Å². The average Bonchev–Trinajstić information content (AvgIpc) is 2.42. The second kappa shape index (κ2) is 10.6. The van der Waals surface area contributed by atoms with Gasteiger partial charge in [-0.1, -0.05) is 19.8 Å². The molecule has 5 nitrogen and oxygen atoms in total. The largest absolute Gasteiger partial charge is 0.394 e. The van der Waals surface area contributed by atoms with Gasteiger partial charge in [0.1, 0.15) is 0 Å². The highest BCUT2D eigenvalue weighted by Crippen LogP contribution is 2.26. The van der Waals surface area contributed by atoms with Gasteiger partial charge in [0.05, 0.1) is 38.6 Å².